The second-order valence-electron chi connectivity index (χ2n) is 11.7. The molecule has 2 heterocycles. The van der Waals surface area contributed by atoms with Crippen molar-refractivity contribution in [3.05, 3.63) is 70.3 Å². The first-order valence-electron chi connectivity index (χ1n) is 12.7. The minimum atomic E-state index is -0.0837. The Kier molecular flexibility index (Phi) is 3.89. The van der Waals surface area contributed by atoms with Gasteiger partial charge in [-0.3, -0.25) is 0 Å². The van der Waals surface area contributed by atoms with Crippen LogP contribution >= 0.6 is 0 Å². The van der Waals surface area contributed by atoms with E-state index in [1.807, 2.05) is 0 Å². The number of hydrogen-bond donors (Lipinski definition) is 0. The van der Waals surface area contributed by atoms with Crippen LogP contribution in [-0.4, -0.2) is 36.2 Å². The first-order valence-corrected chi connectivity index (χ1v) is 12.7. The van der Waals surface area contributed by atoms with Crippen molar-refractivity contribution in [2.75, 3.05) is 14.1 Å². The van der Waals surface area contributed by atoms with Gasteiger partial charge in [-0.2, -0.15) is 0 Å². The fourth-order valence-electron chi connectivity index (χ4n) is 8.27. The molecule has 4 aliphatic carbocycles. The van der Waals surface area contributed by atoms with Crippen molar-refractivity contribution in [2.45, 2.75) is 75.5 Å². The van der Waals surface area contributed by atoms with E-state index in [0.29, 0.717) is 12.0 Å². The van der Waals surface area contributed by atoms with Crippen LogP contribution in [-0.2, 0) is 11.2 Å². The van der Waals surface area contributed by atoms with Crippen molar-refractivity contribution < 1.29 is 4.74 Å². The van der Waals surface area contributed by atoms with Gasteiger partial charge in [0.15, 0.2) is 0 Å². The molecule has 0 radical (unpaired) electrons. The van der Waals surface area contributed by atoms with E-state index in [1.165, 1.54) is 54.4 Å². The molecule has 0 amide bonds. The monoisotopic (exact) mass is 425 g/mol. The minimum absolute atomic E-state index is 0.0100. The molecule has 2 bridgehead atoms. The summed E-state index contributed by atoms with van der Waals surface area (Å²) < 4.78 is 7.39. The van der Waals surface area contributed by atoms with E-state index in [0.717, 1.165) is 19.3 Å². The molecule has 0 N–H and O–H groups in total. The second-order valence-corrected chi connectivity index (χ2v) is 11.7. The summed E-state index contributed by atoms with van der Waals surface area (Å²) in [6, 6.07) is 7.80. The molecule has 2 nitrogen and oxygen atoms in total. The third-order valence-corrected chi connectivity index (χ3v) is 10.1. The Morgan fingerprint density at radius 1 is 1.12 bits per heavy atom. The van der Waals surface area contributed by atoms with E-state index >= 15 is 0 Å². The van der Waals surface area contributed by atoms with E-state index in [4.69, 9.17) is 4.74 Å². The Bertz CT molecular complexity index is 1140. The maximum absolute atomic E-state index is 7.39. The third-order valence-electron chi connectivity index (χ3n) is 10.1. The average Bonchev–Trinajstić information content (AvgIpc) is 3.47. The SMILES string of the molecule is CN(C)[C@H]1CCC2=CC3=CC[C@]4(C)C(c5ccc6c(c5)C=CC6)=CC[C@H]4[C@@]34CCC2(C1)O4. The molecule has 1 aromatic rings. The number of hydrogen-bond acceptors (Lipinski definition) is 2. The molecule has 32 heavy (non-hydrogen) atoms. The van der Waals surface area contributed by atoms with Gasteiger partial charge in [-0.05, 0) is 105 Å². The van der Waals surface area contributed by atoms with Crippen LogP contribution in [0.15, 0.2) is 53.6 Å². The lowest BCUT2D eigenvalue weighted by molar-refractivity contribution is -0.134. The predicted octanol–water partition coefficient (Wildman–Crippen LogP) is 6.34. The molecule has 1 unspecified atom stereocenters. The van der Waals surface area contributed by atoms with Crippen molar-refractivity contribution >= 4 is 11.6 Å². The molecule has 0 aromatic heterocycles. The lowest BCUT2D eigenvalue weighted by Crippen LogP contribution is -2.54. The number of allylic oxidation sites excluding steroid dienone is 4. The standard InChI is InChI=1S/C30H35NO/c1-28-14-13-24-18-23-9-10-25(31(2)3)19-29(23)15-16-30(24,32-29)27(28)12-11-26(28)22-8-7-20-5-4-6-21(20)17-22/h4,6-8,11,13,17-18,25,27H,5,9-10,12,14-16,19H2,1-3H3/t25-,27+,28+,29?,30+/m0/s1. The largest absolute Gasteiger partial charge is 0.359 e. The Morgan fingerprint density at radius 2 is 2.03 bits per heavy atom. The molecule has 7 rings (SSSR count). The lowest BCUT2D eigenvalue weighted by atomic mass is 9.58. The first kappa shape index (κ1) is 19.6. The number of rotatable bonds is 2. The van der Waals surface area contributed by atoms with Crippen LogP contribution in [0.5, 0.6) is 0 Å². The van der Waals surface area contributed by atoms with E-state index in [2.05, 4.69) is 74.5 Å². The van der Waals surface area contributed by atoms with Gasteiger partial charge in [0.05, 0.1) is 11.2 Å². The van der Waals surface area contributed by atoms with Crippen molar-refractivity contribution in [1.29, 1.82) is 0 Å². The smallest absolute Gasteiger partial charge is 0.0980 e. The molecule has 2 spiro atoms. The van der Waals surface area contributed by atoms with Gasteiger partial charge in [-0.1, -0.05) is 49.4 Å². The zero-order valence-electron chi connectivity index (χ0n) is 19.8. The van der Waals surface area contributed by atoms with Gasteiger partial charge in [0.25, 0.3) is 0 Å². The molecule has 5 atom stereocenters. The van der Waals surface area contributed by atoms with E-state index in [-0.39, 0.29) is 16.6 Å². The molecule has 1 saturated carbocycles. The maximum Gasteiger partial charge on any atom is 0.0980 e. The van der Waals surface area contributed by atoms with E-state index < -0.39 is 0 Å². The van der Waals surface area contributed by atoms with Gasteiger partial charge in [0.2, 0.25) is 0 Å². The van der Waals surface area contributed by atoms with Crippen molar-refractivity contribution in [1.82, 2.24) is 4.90 Å². The fourth-order valence-corrected chi connectivity index (χ4v) is 8.27. The molecule has 166 valence electrons. The third kappa shape index (κ3) is 2.38. The Hall–Kier alpha value is -1.90. The summed E-state index contributed by atoms with van der Waals surface area (Å²) in [6.45, 7) is 2.53. The van der Waals surface area contributed by atoms with Crippen LogP contribution in [0.4, 0.5) is 0 Å². The average molecular weight is 426 g/mol. The molecular formula is C30H35NO. The summed E-state index contributed by atoms with van der Waals surface area (Å²) in [6.07, 6.45) is 21.7. The number of nitrogens with zero attached hydrogens (tertiary/aromatic N) is 1. The van der Waals surface area contributed by atoms with Gasteiger partial charge in [-0.25, -0.2) is 0 Å². The van der Waals surface area contributed by atoms with Gasteiger partial charge in [0.1, 0.15) is 0 Å². The summed E-state index contributed by atoms with van der Waals surface area (Å²) in [7, 11) is 4.48. The van der Waals surface area contributed by atoms with Gasteiger partial charge < -0.3 is 9.64 Å². The zero-order chi connectivity index (χ0) is 21.7. The van der Waals surface area contributed by atoms with Crippen LogP contribution in [0.3, 0.4) is 0 Å². The number of fused-ring (bicyclic) bond motifs is 2. The van der Waals surface area contributed by atoms with Gasteiger partial charge in [-0.15, -0.1) is 0 Å². The molecule has 2 aliphatic heterocycles. The predicted molar refractivity (Wildman–Crippen MR) is 131 cm³/mol. The van der Waals surface area contributed by atoms with Gasteiger partial charge in [0, 0.05) is 17.4 Å². The number of benzene rings is 1. The van der Waals surface area contributed by atoms with Crippen molar-refractivity contribution in [3.8, 4) is 0 Å². The lowest BCUT2D eigenvalue weighted by Gasteiger charge is -2.54. The Morgan fingerprint density at radius 3 is 2.91 bits per heavy atom. The fraction of sp³-hybridized carbons (Fsp3) is 0.533. The molecule has 1 saturated heterocycles. The second kappa shape index (κ2) is 6.36. The minimum Gasteiger partial charge on any atom is -0.359 e. The highest BCUT2D eigenvalue weighted by atomic mass is 16.5. The highest BCUT2D eigenvalue weighted by Gasteiger charge is 2.65. The molecule has 2 heteroatoms. The highest BCUT2D eigenvalue weighted by molar-refractivity contribution is 5.77. The van der Waals surface area contributed by atoms with Crippen LogP contribution in [0.2, 0.25) is 0 Å². The zero-order valence-corrected chi connectivity index (χ0v) is 19.8. The summed E-state index contributed by atoms with van der Waals surface area (Å²) in [5.41, 5.74) is 9.04. The van der Waals surface area contributed by atoms with Crippen LogP contribution < -0.4 is 0 Å². The summed E-state index contributed by atoms with van der Waals surface area (Å²) >= 11 is 0. The Balaban J connectivity index is 1.28. The van der Waals surface area contributed by atoms with Gasteiger partial charge >= 0.3 is 0 Å². The maximum atomic E-state index is 7.39. The Labute approximate surface area is 192 Å². The van der Waals surface area contributed by atoms with E-state index in [9.17, 15) is 0 Å². The molecule has 2 fully saturated rings. The van der Waals surface area contributed by atoms with Crippen LogP contribution in [0.25, 0.3) is 11.6 Å². The normalized spacial score (nSPS) is 40.9. The molecule has 6 aliphatic rings. The topological polar surface area (TPSA) is 12.5 Å². The number of ether oxygens (including phenoxy) is 1. The molecular weight excluding hydrogens is 390 g/mol. The van der Waals surface area contributed by atoms with Crippen LogP contribution in [0, 0.1) is 11.3 Å². The van der Waals surface area contributed by atoms with E-state index in [1.54, 1.807) is 11.1 Å². The van der Waals surface area contributed by atoms with Crippen molar-refractivity contribution in [2.24, 2.45) is 11.3 Å². The summed E-state index contributed by atoms with van der Waals surface area (Å²) in [5.74, 6) is 0.547. The highest BCUT2D eigenvalue weighted by Crippen LogP contribution is 2.67. The van der Waals surface area contributed by atoms with Crippen molar-refractivity contribution in [3.63, 3.8) is 0 Å². The summed E-state index contributed by atoms with van der Waals surface area (Å²) in [5, 5.41) is 0. The summed E-state index contributed by atoms with van der Waals surface area (Å²) in [4.78, 5) is 2.42. The quantitative estimate of drug-likeness (QED) is 0.548. The van der Waals surface area contributed by atoms with Crippen LogP contribution in [0.1, 0.15) is 68.6 Å². The first-order chi connectivity index (χ1) is 15.4. The molecule has 1 aromatic carbocycles.